The molecule has 2 fully saturated rings. The van der Waals surface area contributed by atoms with Gasteiger partial charge in [-0.3, -0.25) is 4.79 Å². The summed E-state index contributed by atoms with van der Waals surface area (Å²) in [6.07, 6.45) is 2.10. The van der Waals surface area contributed by atoms with Crippen LogP contribution in [0.4, 0.5) is 4.39 Å². The van der Waals surface area contributed by atoms with Crippen molar-refractivity contribution in [3.63, 3.8) is 0 Å². The lowest BCUT2D eigenvalue weighted by Gasteiger charge is -2.26. The first-order valence-electron chi connectivity index (χ1n) is 9.13. The van der Waals surface area contributed by atoms with Gasteiger partial charge in [-0.2, -0.15) is 4.31 Å². The number of rotatable bonds is 7. The predicted octanol–water partition coefficient (Wildman–Crippen LogP) is 0.918. The van der Waals surface area contributed by atoms with Gasteiger partial charge in [-0.05, 0) is 43.9 Å². The number of esters is 1. The number of amides is 1. The van der Waals surface area contributed by atoms with E-state index in [1.165, 1.54) is 4.31 Å². The molecule has 1 aliphatic heterocycles. The molecule has 1 saturated carbocycles. The molecule has 1 N–H and O–H groups in total. The maximum absolute atomic E-state index is 14.1. The lowest BCUT2D eigenvalue weighted by Crippen LogP contribution is -2.40. The number of sulfonamides is 1. The van der Waals surface area contributed by atoms with E-state index in [-0.39, 0.29) is 37.2 Å². The van der Waals surface area contributed by atoms with Crippen molar-refractivity contribution >= 4 is 21.9 Å². The highest BCUT2D eigenvalue weighted by Gasteiger charge is 2.30. The summed E-state index contributed by atoms with van der Waals surface area (Å²) in [6, 6.07) is 2.93. The molecule has 3 rings (SSSR count). The molecule has 1 aromatic carbocycles. The summed E-state index contributed by atoms with van der Waals surface area (Å²) < 4.78 is 50.6. The molecule has 1 saturated heterocycles. The molecule has 2 aliphatic rings. The number of nitrogens with zero attached hydrogens (tertiary/aromatic N) is 1. The molecular formula is C18H23FN2O6S. The Labute approximate surface area is 163 Å². The van der Waals surface area contributed by atoms with Crippen molar-refractivity contribution in [2.24, 2.45) is 5.92 Å². The fourth-order valence-electron chi connectivity index (χ4n) is 2.98. The number of carbonyl (C=O) groups is 2. The van der Waals surface area contributed by atoms with Crippen LogP contribution in [0.1, 0.15) is 30.1 Å². The third-order valence-electron chi connectivity index (χ3n) is 4.82. The Hall–Kier alpha value is -2.04. The summed E-state index contributed by atoms with van der Waals surface area (Å²) in [5.41, 5.74) is -0.530. The van der Waals surface area contributed by atoms with Gasteiger partial charge in [0.2, 0.25) is 10.0 Å². The Balaban J connectivity index is 1.66. The summed E-state index contributed by atoms with van der Waals surface area (Å²) in [5, 5.41) is 2.72. The Morgan fingerprint density at radius 1 is 1.32 bits per heavy atom. The van der Waals surface area contributed by atoms with Gasteiger partial charge in [0.25, 0.3) is 5.91 Å². The number of carbonyl (C=O) groups excluding carboxylic acids is 2. The maximum atomic E-state index is 14.1. The zero-order chi connectivity index (χ0) is 20.3. The van der Waals surface area contributed by atoms with E-state index in [1.807, 2.05) is 6.92 Å². The molecule has 0 aromatic heterocycles. The van der Waals surface area contributed by atoms with E-state index in [0.29, 0.717) is 5.92 Å². The van der Waals surface area contributed by atoms with Crippen LogP contribution in [0.2, 0.25) is 0 Å². The molecule has 28 heavy (non-hydrogen) atoms. The van der Waals surface area contributed by atoms with Crippen LogP contribution in [-0.2, 0) is 24.3 Å². The lowest BCUT2D eigenvalue weighted by atomic mass is 10.2. The second kappa shape index (κ2) is 8.54. The minimum atomic E-state index is -3.88. The van der Waals surface area contributed by atoms with Gasteiger partial charge in [0.15, 0.2) is 6.61 Å². The molecule has 8 nitrogen and oxygen atoms in total. The van der Waals surface area contributed by atoms with Crippen molar-refractivity contribution in [2.75, 3.05) is 32.9 Å². The standard InChI is InChI=1S/C18H23FN2O6S/c1-12(13-2-3-13)20-17(22)11-27-18(23)15-10-14(4-5-16(15)19)28(24,25)21-6-8-26-9-7-21/h4-5,10,12-13H,2-3,6-9,11H2,1H3,(H,20,22)/t12-/m1/s1. The van der Waals surface area contributed by atoms with Crippen molar-refractivity contribution in [1.29, 1.82) is 0 Å². The Bertz CT molecular complexity index is 850. The average molecular weight is 414 g/mol. The summed E-state index contributed by atoms with van der Waals surface area (Å²) in [6.45, 7) is 2.21. The van der Waals surface area contributed by atoms with E-state index >= 15 is 0 Å². The van der Waals surface area contributed by atoms with Crippen LogP contribution in [0.25, 0.3) is 0 Å². The van der Waals surface area contributed by atoms with Crippen molar-refractivity contribution in [3.8, 4) is 0 Å². The van der Waals surface area contributed by atoms with Crippen LogP contribution >= 0.6 is 0 Å². The highest BCUT2D eigenvalue weighted by Crippen LogP contribution is 2.32. The van der Waals surface area contributed by atoms with Gasteiger partial charge in [-0.25, -0.2) is 17.6 Å². The Kier molecular flexibility index (Phi) is 6.31. The molecule has 1 aliphatic carbocycles. The fourth-order valence-corrected chi connectivity index (χ4v) is 4.41. The Morgan fingerprint density at radius 3 is 2.64 bits per heavy atom. The van der Waals surface area contributed by atoms with Crippen LogP contribution in [0.15, 0.2) is 23.1 Å². The maximum Gasteiger partial charge on any atom is 0.341 e. The Morgan fingerprint density at radius 2 is 2.00 bits per heavy atom. The van der Waals surface area contributed by atoms with E-state index in [0.717, 1.165) is 31.0 Å². The smallest absolute Gasteiger partial charge is 0.341 e. The van der Waals surface area contributed by atoms with Gasteiger partial charge in [-0.15, -0.1) is 0 Å². The van der Waals surface area contributed by atoms with Crippen LogP contribution in [-0.4, -0.2) is 63.6 Å². The van der Waals surface area contributed by atoms with Gasteiger partial charge < -0.3 is 14.8 Å². The second-order valence-corrected chi connectivity index (χ2v) is 8.87. The van der Waals surface area contributed by atoms with Gasteiger partial charge in [-0.1, -0.05) is 0 Å². The number of nitrogens with one attached hydrogen (secondary N) is 1. The number of benzene rings is 1. The summed E-state index contributed by atoms with van der Waals surface area (Å²) in [5.74, 6) is -2.05. The minimum absolute atomic E-state index is 0.00932. The topological polar surface area (TPSA) is 102 Å². The molecule has 10 heteroatoms. The number of hydrogen-bond donors (Lipinski definition) is 1. The SMILES string of the molecule is C[C@@H](NC(=O)COC(=O)c1cc(S(=O)(=O)N2CCOCC2)ccc1F)C1CC1. The lowest BCUT2D eigenvalue weighted by molar-refractivity contribution is -0.125. The first-order valence-corrected chi connectivity index (χ1v) is 10.6. The molecule has 1 atom stereocenters. The van der Waals surface area contributed by atoms with E-state index in [9.17, 15) is 22.4 Å². The van der Waals surface area contributed by atoms with Crippen LogP contribution in [0.5, 0.6) is 0 Å². The molecule has 1 heterocycles. The van der Waals surface area contributed by atoms with E-state index in [2.05, 4.69) is 5.32 Å². The van der Waals surface area contributed by atoms with Crippen molar-refractivity contribution in [2.45, 2.75) is 30.7 Å². The highest BCUT2D eigenvalue weighted by atomic mass is 32.2. The molecule has 0 bridgehead atoms. The largest absolute Gasteiger partial charge is 0.452 e. The molecule has 154 valence electrons. The average Bonchev–Trinajstić information content (AvgIpc) is 3.52. The number of hydrogen-bond acceptors (Lipinski definition) is 6. The van der Waals surface area contributed by atoms with Gasteiger partial charge in [0.05, 0.1) is 23.7 Å². The van der Waals surface area contributed by atoms with Crippen molar-refractivity contribution in [1.82, 2.24) is 9.62 Å². The molecule has 0 unspecified atom stereocenters. The zero-order valence-corrected chi connectivity index (χ0v) is 16.3. The van der Waals surface area contributed by atoms with Crippen LogP contribution < -0.4 is 5.32 Å². The second-order valence-electron chi connectivity index (χ2n) is 6.93. The van der Waals surface area contributed by atoms with Gasteiger partial charge in [0, 0.05) is 19.1 Å². The minimum Gasteiger partial charge on any atom is -0.452 e. The normalized spacial score (nSPS) is 19.1. The zero-order valence-electron chi connectivity index (χ0n) is 15.5. The predicted molar refractivity (Wildman–Crippen MR) is 96.6 cm³/mol. The van der Waals surface area contributed by atoms with Crippen molar-refractivity contribution in [3.05, 3.63) is 29.6 Å². The number of morpholine rings is 1. The molecule has 0 spiro atoms. The van der Waals surface area contributed by atoms with Gasteiger partial charge in [0.1, 0.15) is 5.82 Å². The van der Waals surface area contributed by atoms with Crippen LogP contribution in [0.3, 0.4) is 0 Å². The molecule has 1 aromatic rings. The molecule has 1 amide bonds. The summed E-state index contributed by atoms with van der Waals surface area (Å²) >= 11 is 0. The summed E-state index contributed by atoms with van der Waals surface area (Å²) in [7, 11) is -3.88. The van der Waals surface area contributed by atoms with Gasteiger partial charge >= 0.3 is 5.97 Å². The van der Waals surface area contributed by atoms with E-state index < -0.39 is 39.9 Å². The first kappa shape index (κ1) is 20.7. The third-order valence-corrected chi connectivity index (χ3v) is 6.71. The quantitative estimate of drug-likeness (QED) is 0.666. The van der Waals surface area contributed by atoms with E-state index in [1.54, 1.807) is 0 Å². The molecule has 0 radical (unpaired) electrons. The number of ether oxygens (including phenoxy) is 2. The fraction of sp³-hybridized carbons (Fsp3) is 0.556. The first-order chi connectivity index (χ1) is 13.3. The van der Waals surface area contributed by atoms with E-state index in [4.69, 9.17) is 9.47 Å². The monoisotopic (exact) mass is 414 g/mol. The highest BCUT2D eigenvalue weighted by molar-refractivity contribution is 7.89. The third kappa shape index (κ3) is 4.86. The van der Waals surface area contributed by atoms with Crippen molar-refractivity contribution < 1.29 is 31.9 Å². The van der Waals surface area contributed by atoms with Crippen LogP contribution in [0, 0.1) is 11.7 Å². The molecular weight excluding hydrogens is 391 g/mol. The number of halogens is 1. The summed E-state index contributed by atoms with van der Waals surface area (Å²) in [4.78, 5) is 23.8.